The molecule has 2 aromatic heterocycles. The van der Waals surface area contributed by atoms with Gasteiger partial charge in [0.2, 0.25) is 0 Å². The van der Waals surface area contributed by atoms with Gasteiger partial charge in [-0.05, 0) is 55.3 Å². The number of hydrogen-bond acceptors (Lipinski definition) is 6. The highest BCUT2D eigenvalue weighted by atomic mass is 16.5. The van der Waals surface area contributed by atoms with Crippen LogP contribution in [0.15, 0.2) is 67.0 Å². The molecule has 8 nitrogen and oxygen atoms in total. The zero-order valence-corrected chi connectivity index (χ0v) is 18.9. The number of ether oxygens (including phenoxy) is 2. The van der Waals surface area contributed by atoms with Crippen LogP contribution in [-0.4, -0.2) is 40.1 Å². The second-order valence-electron chi connectivity index (χ2n) is 7.53. The first kappa shape index (κ1) is 22.0. The van der Waals surface area contributed by atoms with Gasteiger partial charge in [0, 0.05) is 18.0 Å². The van der Waals surface area contributed by atoms with Crippen molar-refractivity contribution in [2.75, 3.05) is 14.2 Å². The molecule has 0 bridgehead atoms. The Morgan fingerprint density at radius 3 is 2.42 bits per heavy atom. The largest absolute Gasteiger partial charge is 0.493 e. The smallest absolute Gasteiger partial charge is 0.274 e. The van der Waals surface area contributed by atoms with Crippen molar-refractivity contribution >= 4 is 5.91 Å². The Kier molecular flexibility index (Phi) is 6.35. The fraction of sp³-hybridized carbons (Fsp3) is 0.200. The summed E-state index contributed by atoms with van der Waals surface area (Å²) in [5.74, 6) is 0.893. The minimum atomic E-state index is -0.330. The van der Waals surface area contributed by atoms with Gasteiger partial charge in [0.25, 0.3) is 5.91 Å². The van der Waals surface area contributed by atoms with Crippen LogP contribution in [0.2, 0.25) is 0 Å². The molecule has 0 aliphatic heterocycles. The van der Waals surface area contributed by atoms with Crippen LogP contribution in [-0.2, 0) is 0 Å². The first-order valence-electron chi connectivity index (χ1n) is 10.5. The molecule has 0 radical (unpaired) electrons. The molecule has 168 valence electrons. The molecule has 33 heavy (non-hydrogen) atoms. The van der Waals surface area contributed by atoms with Crippen molar-refractivity contribution in [3.63, 3.8) is 0 Å². The first-order valence-corrected chi connectivity index (χ1v) is 10.5. The van der Waals surface area contributed by atoms with Gasteiger partial charge < -0.3 is 14.8 Å². The number of carbonyl (C=O) groups is 1. The summed E-state index contributed by atoms with van der Waals surface area (Å²) in [5, 5.41) is 11.6. The average molecular weight is 444 g/mol. The van der Waals surface area contributed by atoms with E-state index in [1.807, 2.05) is 68.4 Å². The van der Waals surface area contributed by atoms with Gasteiger partial charge in [0.05, 0.1) is 25.9 Å². The molecule has 4 rings (SSSR count). The number of rotatable bonds is 7. The highest BCUT2D eigenvalue weighted by Crippen LogP contribution is 2.31. The van der Waals surface area contributed by atoms with Gasteiger partial charge in [0.1, 0.15) is 5.69 Å². The molecule has 0 saturated carbocycles. The van der Waals surface area contributed by atoms with E-state index in [0.29, 0.717) is 17.2 Å². The second kappa shape index (κ2) is 9.52. The number of aromatic nitrogens is 4. The Hall–Kier alpha value is -4.20. The van der Waals surface area contributed by atoms with Crippen molar-refractivity contribution in [1.82, 2.24) is 25.3 Å². The molecule has 0 unspecified atom stereocenters. The van der Waals surface area contributed by atoms with E-state index in [-0.39, 0.29) is 17.6 Å². The Labute approximate surface area is 192 Å². The molecule has 2 heterocycles. The van der Waals surface area contributed by atoms with Gasteiger partial charge in [-0.1, -0.05) is 29.5 Å². The first-order chi connectivity index (χ1) is 16.0. The number of hydrogen-bond donors (Lipinski definition) is 1. The van der Waals surface area contributed by atoms with E-state index in [4.69, 9.17) is 9.47 Å². The van der Waals surface area contributed by atoms with Crippen LogP contribution in [0.5, 0.6) is 11.5 Å². The lowest BCUT2D eigenvalue weighted by atomic mass is 10.1. The van der Waals surface area contributed by atoms with Crippen LogP contribution in [0.1, 0.15) is 34.6 Å². The number of para-hydroxylation sites is 1. The predicted octanol–water partition coefficient (Wildman–Crippen LogP) is 4.15. The third-order valence-electron chi connectivity index (χ3n) is 5.44. The monoisotopic (exact) mass is 443 g/mol. The van der Waals surface area contributed by atoms with Gasteiger partial charge in [-0.3, -0.25) is 9.78 Å². The summed E-state index contributed by atoms with van der Waals surface area (Å²) >= 11 is 0. The lowest BCUT2D eigenvalue weighted by Gasteiger charge is -2.16. The molecule has 0 saturated heterocycles. The Bertz CT molecular complexity index is 1270. The van der Waals surface area contributed by atoms with Crippen LogP contribution in [0.4, 0.5) is 0 Å². The van der Waals surface area contributed by atoms with Crippen LogP contribution < -0.4 is 14.8 Å². The number of methoxy groups -OCH3 is 2. The van der Waals surface area contributed by atoms with Crippen LogP contribution in [0.3, 0.4) is 0 Å². The van der Waals surface area contributed by atoms with E-state index >= 15 is 0 Å². The number of carbonyl (C=O) groups excluding carboxylic acids is 1. The number of benzene rings is 2. The topological polar surface area (TPSA) is 91.2 Å². The molecule has 0 fully saturated rings. The SMILES string of the molecule is COc1ccc([C@@H](C)NC(=O)c2nnn(-c3ccccc3C)c2-c2ccncc2)cc1OC. The highest BCUT2D eigenvalue weighted by molar-refractivity contribution is 5.98. The summed E-state index contributed by atoms with van der Waals surface area (Å²) in [4.78, 5) is 17.4. The zero-order valence-electron chi connectivity index (χ0n) is 18.9. The standard InChI is InChI=1S/C25H25N5O3/c1-16-7-5-6-8-20(16)30-24(18-11-13-26-14-12-18)23(28-29-30)25(31)27-17(2)19-9-10-21(32-3)22(15-19)33-4/h5-15,17H,1-4H3,(H,27,31)/t17-/m1/s1. The number of nitrogens with one attached hydrogen (secondary N) is 1. The lowest BCUT2D eigenvalue weighted by Crippen LogP contribution is -2.27. The van der Waals surface area contributed by atoms with Crippen molar-refractivity contribution in [3.8, 4) is 28.4 Å². The van der Waals surface area contributed by atoms with Crippen molar-refractivity contribution in [2.45, 2.75) is 19.9 Å². The molecule has 0 spiro atoms. The van der Waals surface area contributed by atoms with Gasteiger partial charge >= 0.3 is 0 Å². The Morgan fingerprint density at radius 1 is 1.00 bits per heavy atom. The van der Waals surface area contributed by atoms with E-state index in [0.717, 1.165) is 22.4 Å². The molecule has 2 aromatic carbocycles. The van der Waals surface area contributed by atoms with E-state index in [1.54, 1.807) is 31.3 Å². The third-order valence-corrected chi connectivity index (χ3v) is 5.44. The maximum atomic E-state index is 13.3. The second-order valence-corrected chi connectivity index (χ2v) is 7.53. The van der Waals surface area contributed by atoms with E-state index in [2.05, 4.69) is 20.6 Å². The number of nitrogens with zero attached hydrogens (tertiary/aromatic N) is 4. The Balaban J connectivity index is 1.70. The van der Waals surface area contributed by atoms with E-state index in [9.17, 15) is 4.79 Å². The third kappa shape index (κ3) is 4.41. The summed E-state index contributed by atoms with van der Waals surface area (Å²) in [6.45, 7) is 3.89. The molecule has 1 N–H and O–H groups in total. The molecule has 1 atom stereocenters. The van der Waals surface area contributed by atoms with Gasteiger partial charge in [-0.15, -0.1) is 5.10 Å². The van der Waals surface area contributed by atoms with Crippen molar-refractivity contribution in [2.24, 2.45) is 0 Å². The summed E-state index contributed by atoms with van der Waals surface area (Å²) < 4.78 is 12.4. The van der Waals surface area contributed by atoms with Crippen LogP contribution in [0, 0.1) is 6.92 Å². The predicted molar refractivity (Wildman–Crippen MR) is 125 cm³/mol. The summed E-state index contributed by atoms with van der Waals surface area (Å²) in [5.41, 5.74) is 4.37. The average Bonchev–Trinajstić information content (AvgIpc) is 3.29. The minimum Gasteiger partial charge on any atom is -0.493 e. The maximum absolute atomic E-state index is 13.3. The number of aryl methyl sites for hydroxylation is 1. The van der Waals surface area contributed by atoms with Crippen LogP contribution in [0.25, 0.3) is 16.9 Å². The summed E-state index contributed by atoms with van der Waals surface area (Å²) in [6, 6.07) is 16.7. The van der Waals surface area contributed by atoms with Crippen LogP contribution >= 0.6 is 0 Å². The summed E-state index contributed by atoms with van der Waals surface area (Å²) in [6.07, 6.45) is 3.36. The fourth-order valence-corrected chi connectivity index (χ4v) is 3.64. The zero-order chi connectivity index (χ0) is 23.4. The van der Waals surface area contributed by atoms with Gasteiger partial charge in [-0.2, -0.15) is 0 Å². The summed E-state index contributed by atoms with van der Waals surface area (Å²) in [7, 11) is 3.16. The Morgan fingerprint density at radius 2 is 1.73 bits per heavy atom. The number of pyridine rings is 1. The highest BCUT2D eigenvalue weighted by Gasteiger charge is 2.24. The lowest BCUT2D eigenvalue weighted by molar-refractivity contribution is 0.0935. The van der Waals surface area contributed by atoms with Crippen molar-refractivity contribution in [3.05, 3.63) is 83.8 Å². The molecular formula is C25H25N5O3. The normalized spacial score (nSPS) is 11.6. The molecular weight excluding hydrogens is 418 g/mol. The number of amides is 1. The molecule has 4 aromatic rings. The molecule has 1 amide bonds. The minimum absolute atomic E-state index is 0.233. The fourth-order valence-electron chi connectivity index (χ4n) is 3.64. The maximum Gasteiger partial charge on any atom is 0.274 e. The van der Waals surface area contributed by atoms with E-state index < -0.39 is 0 Å². The van der Waals surface area contributed by atoms with Gasteiger partial charge in [-0.25, -0.2) is 4.68 Å². The van der Waals surface area contributed by atoms with E-state index in [1.165, 1.54) is 0 Å². The molecule has 0 aliphatic carbocycles. The van der Waals surface area contributed by atoms with Gasteiger partial charge in [0.15, 0.2) is 17.2 Å². The quantitative estimate of drug-likeness (QED) is 0.462. The van der Waals surface area contributed by atoms with Crippen molar-refractivity contribution < 1.29 is 14.3 Å². The molecule has 0 aliphatic rings. The van der Waals surface area contributed by atoms with Crippen molar-refractivity contribution in [1.29, 1.82) is 0 Å². The molecule has 8 heteroatoms.